The molecule has 23 rings (SSSR count). The first-order valence-corrected chi connectivity index (χ1v) is 51.0. The van der Waals surface area contributed by atoms with Gasteiger partial charge in [-0.15, -0.1) is 181 Å². The Bertz CT molecular complexity index is 8480. The summed E-state index contributed by atoms with van der Waals surface area (Å²) in [6.45, 7) is 60.6. The van der Waals surface area contributed by atoms with Crippen LogP contribution in [0, 0.1) is 36.4 Å². The van der Waals surface area contributed by atoms with E-state index in [-0.39, 0.29) is 129 Å². The third-order valence-corrected chi connectivity index (χ3v) is 27.1. The molecule has 16 heteroatoms. The minimum atomic E-state index is -0.235. The summed E-state index contributed by atoms with van der Waals surface area (Å²) < 4.78 is 14.5. The Balaban J connectivity index is 0.000000144. The molecule has 0 atom stereocenters. The van der Waals surface area contributed by atoms with Gasteiger partial charge in [0, 0.05) is 168 Å². The fourth-order valence-corrected chi connectivity index (χ4v) is 19.2. The number of rotatable bonds is 6. The molecule has 10 aromatic heterocycles. The van der Waals surface area contributed by atoms with Gasteiger partial charge in [0.2, 0.25) is 0 Å². The van der Waals surface area contributed by atoms with E-state index in [0.29, 0.717) is 0 Å². The SMILES string of the molecule is CC(C)(C)Oc1c[c-]c2c(c1)cc(C(C)(C)C)c1c2nn2ccccc12.CC(C)(C)c1c[c-]c2c(c1)c(C(C)(C)C)cc1c2nc2ccc(C(C)(C)C)cn21.CC(C)(C)c1c[c-]c2c(c1)c(C(C)(C)C)cc1c2nc2ccc(C(C)(C)C)cn21.CC(C)(C)c1cc2c(N(c3ccccc3)c3ccccc3)cc[c-]c2c2nn3ccccc3c12.[Ir].[Ir].[Ir].[Ir].[c-]1cc2ccccc2cc1-c1ccccn1.[c-]1ccccc1-c1ccccn1. The molecule has 0 spiro atoms. The van der Waals surface area contributed by atoms with Crippen LogP contribution in [-0.4, -0.2) is 53.6 Å². The van der Waals surface area contributed by atoms with Gasteiger partial charge in [0.05, 0.1) is 16.6 Å². The first kappa shape index (κ1) is 113. The van der Waals surface area contributed by atoms with Crippen LogP contribution in [0.4, 0.5) is 17.1 Å². The number of aromatic nitrogens is 10. The Morgan fingerprint density at radius 1 is 0.287 bits per heavy atom. The van der Waals surface area contributed by atoms with Crippen LogP contribution in [0.5, 0.6) is 5.75 Å². The quantitative estimate of drug-likeness (QED) is 0.152. The maximum atomic E-state index is 6.05. The van der Waals surface area contributed by atoms with Crippen molar-refractivity contribution in [1.29, 1.82) is 0 Å². The third kappa shape index (κ3) is 24.3. The summed E-state index contributed by atoms with van der Waals surface area (Å²) in [5.74, 6) is 0.841. The molecule has 0 unspecified atom stereocenters. The van der Waals surface area contributed by atoms with E-state index >= 15 is 0 Å². The van der Waals surface area contributed by atoms with Crippen LogP contribution in [0.2, 0.25) is 0 Å². The number of benzene rings is 13. The second kappa shape index (κ2) is 44.4. The van der Waals surface area contributed by atoms with Gasteiger partial charge < -0.3 is 28.4 Å². The molecule has 774 valence electrons. The Hall–Kier alpha value is -12.5. The second-order valence-corrected chi connectivity index (χ2v) is 47.8. The molecule has 0 aliphatic carbocycles. The topological polar surface area (TPSA) is 107 Å². The van der Waals surface area contributed by atoms with Crippen molar-refractivity contribution in [1.82, 2.24) is 48.0 Å². The van der Waals surface area contributed by atoms with Crippen molar-refractivity contribution in [2.75, 3.05) is 4.90 Å². The summed E-state index contributed by atoms with van der Waals surface area (Å²) in [6.07, 6.45) is 12.1. The number of pyridine rings is 6. The Kier molecular flexibility index (Phi) is 33.5. The van der Waals surface area contributed by atoms with Crippen LogP contribution in [0.15, 0.2) is 328 Å². The van der Waals surface area contributed by atoms with Gasteiger partial charge in [0.1, 0.15) is 11.3 Å². The summed E-state index contributed by atoms with van der Waals surface area (Å²) in [5, 5.41) is 23.9. The van der Waals surface area contributed by atoms with Gasteiger partial charge in [0.25, 0.3) is 0 Å². The molecule has 0 aliphatic rings. The van der Waals surface area contributed by atoms with Crippen LogP contribution in [-0.2, 0) is 124 Å². The first-order chi connectivity index (χ1) is 69.1. The van der Waals surface area contributed by atoms with E-state index in [1.165, 1.54) is 87.9 Å². The van der Waals surface area contributed by atoms with Gasteiger partial charge in [-0.25, -0.2) is 19.2 Å². The monoisotopic (exact) mass is 2690 g/mol. The van der Waals surface area contributed by atoms with E-state index < -0.39 is 0 Å². The fourth-order valence-electron chi connectivity index (χ4n) is 19.2. The van der Waals surface area contributed by atoms with Crippen LogP contribution in [0.25, 0.3) is 143 Å². The normalized spacial score (nSPS) is 12.2. The van der Waals surface area contributed by atoms with Crippen molar-refractivity contribution in [3.05, 3.63) is 409 Å². The molecule has 0 amide bonds. The minimum Gasteiger partial charge on any atom is -0.532 e. The molecule has 10 heterocycles. The standard InChI is InChI=1S/C31H26N3.2C27H33N2.C23H25N2O.C15H10N.C11H8N.4Ir/c1-31(2,3)26-21-25-24(30-29(26)28-18-10-11-20-33(28)32-30)17-12-19-27(25)34(22-13-6-4-7-14-22)23-15-8-5-9-16-23;2*1-25(2,3)17-10-12-19-20(14-17)21(27(7,8)9)15-22-24(19)28-23-13-11-18(16-29(22)23)26(4,5)6;1-22(2,3)18-14-15-13-16(26-23(4,5)6)10-11-17(15)21-20(18)19-9-7-8-12-25(19)24-21;1-2-6-13-11-14(9-8-12(13)5-1)15-7-3-4-10-16-15;1-2-6-10(7-3-1)11-8-4-5-9-12-11;;;;/h4-16,18-21H,1-3H3;2*10-11,13-16H,1-9H3;7-10,12-14H,1-6H3;1-8,10-11H;1-6,8-9H;;;;/q6*-1;;;;. The molecule has 0 saturated heterocycles. The number of hydrogen-bond donors (Lipinski definition) is 0. The fraction of sp³-hybridized carbons (Fsp3) is 0.269. The van der Waals surface area contributed by atoms with Gasteiger partial charge in [-0.1, -0.05) is 328 Å². The second-order valence-electron chi connectivity index (χ2n) is 47.8. The zero-order chi connectivity index (χ0) is 104. The van der Waals surface area contributed by atoms with E-state index in [1.54, 1.807) is 12.4 Å². The predicted molar refractivity (Wildman–Crippen MR) is 615 cm³/mol. The Morgan fingerprint density at radius 3 is 1.16 bits per heavy atom. The van der Waals surface area contributed by atoms with Crippen LogP contribution >= 0.6 is 0 Å². The molecule has 0 aliphatic heterocycles. The van der Waals surface area contributed by atoms with E-state index in [0.717, 1.165) is 122 Å². The zero-order valence-electron chi connectivity index (χ0n) is 91.3. The van der Waals surface area contributed by atoms with Crippen molar-refractivity contribution in [3.63, 3.8) is 0 Å². The molecule has 0 saturated carbocycles. The number of para-hydroxylation sites is 2. The average Bonchev–Trinajstić information content (AvgIpc) is 1.68. The summed E-state index contributed by atoms with van der Waals surface area (Å²) in [7, 11) is 0. The molecule has 150 heavy (non-hydrogen) atoms. The molecular weight excluding hydrogens is 2550 g/mol. The zero-order valence-corrected chi connectivity index (χ0v) is 101. The molecule has 0 N–H and O–H groups in total. The van der Waals surface area contributed by atoms with Crippen LogP contribution in [0.1, 0.15) is 231 Å². The Morgan fingerprint density at radius 2 is 0.713 bits per heavy atom. The number of ether oxygens (including phenoxy) is 1. The summed E-state index contributed by atoms with van der Waals surface area (Å²) >= 11 is 0. The van der Waals surface area contributed by atoms with Crippen molar-refractivity contribution < 1.29 is 85.2 Å². The molecule has 0 bridgehead atoms. The molecule has 4 radical (unpaired) electrons. The maximum absolute atomic E-state index is 6.05. The van der Waals surface area contributed by atoms with Gasteiger partial charge >= 0.3 is 0 Å². The first-order valence-electron chi connectivity index (χ1n) is 51.0. The van der Waals surface area contributed by atoms with Crippen molar-refractivity contribution in [2.24, 2.45) is 0 Å². The number of nitrogens with zero attached hydrogens (tertiary/aromatic N) is 11. The van der Waals surface area contributed by atoms with Crippen molar-refractivity contribution in [3.8, 4) is 28.3 Å². The van der Waals surface area contributed by atoms with Crippen LogP contribution < -0.4 is 9.64 Å². The summed E-state index contributed by atoms with van der Waals surface area (Å²) in [4.78, 5) is 20.9. The number of hydrogen-bond acceptors (Lipinski definition) is 8. The van der Waals surface area contributed by atoms with E-state index in [2.05, 4.69) is 447 Å². The number of fused-ring (bicyclic) bond motifs is 21. The molecule has 0 fully saturated rings. The molecule has 12 nitrogen and oxygen atoms in total. The average molecular weight is 2680 g/mol. The minimum absolute atomic E-state index is 0. The molecule has 13 aromatic carbocycles. The van der Waals surface area contributed by atoms with E-state index in [9.17, 15) is 0 Å². The van der Waals surface area contributed by atoms with Gasteiger partial charge in [-0.05, 0) is 187 Å². The van der Waals surface area contributed by atoms with E-state index in [1.807, 2.05) is 125 Å². The van der Waals surface area contributed by atoms with E-state index in [4.69, 9.17) is 24.9 Å². The summed E-state index contributed by atoms with van der Waals surface area (Å²) in [6, 6.07) is 121. The number of imidazole rings is 2. The number of anilines is 3. The Labute approximate surface area is 940 Å². The maximum Gasteiger partial charge on any atom is 0.127 e. The predicted octanol–water partition coefficient (Wildman–Crippen LogP) is 35.0. The van der Waals surface area contributed by atoms with Crippen LogP contribution in [0.3, 0.4) is 0 Å². The van der Waals surface area contributed by atoms with Crippen molar-refractivity contribution >= 4 is 137 Å². The molecule has 23 aromatic rings. The summed E-state index contributed by atoms with van der Waals surface area (Å²) in [5.41, 5.74) is 28.8. The van der Waals surface area contributed by atoms with Crippen molar-refractivity contribution in [2.45, 2.75) is 236 Å². The van der Waals surface area contributed by atoms with Gasteiger partial charge in [-0.2, -0.15) is 0 Å². The van der Waals surface area contributed by atoms with Gasteiger partial charge in [-0.3, -0.25) is 9.97 Å². The van der Waals surface area contributed by atoms with Gasteiger partial charge in [0.15, 0.2) is 0 Å². The smallest absolute Gasteiger partial charge is 0.127 e. The largest absolute Gasteiger partial charge is 0.532 e. The molecular formula is C134H135Ir4N11O-6. The third-order valence-electron chi connectivity index (χ3n) is 27.1.